The molecule has 144 valence electrons. The Labute approximate surface area is 160 Å². The number of hydrogen-bond donors (Lipinski definition) is 1. The lowest BCUT2D eigenvalue weighted by Crippen LogP contribution is -2.22. The van der Waals surface area contributed by atoms with Crippen LogP contribution in [0.15, 0.2) is 41.5 Å². The van der Waals surface area contributed by atoms with Crippen LogP contribution in [0.2, 0.25) is 0 Å². The van der Waals surface area contributed by atoms with Crippen molar-refractivity contribution in [1.29, 1.82) is 5.41 Å². The second-order valence-electron chi connectivity index (χ2n) is 7.04. The molecule has 4 nitrogen and oxygen atoms in total. The highest BCUT2D eigenvalue weighted by molar-refractivity contribution is 5.85. The minimum absolute atomic E-state index is 0.0431. The van der Waals surface area contributed by atoms with Gasteiger partial charge in [-0.3, -0.25) is 10.4 Å². The Morgan fingerprint density at radius 2 is 1.86 bits per heavy atom. The van der Waals surface area contributed by atoms with Crippen molar-refractivity contribution in [3.63, 3.8) is 0 Å². The Balaban J connectivity index is 1.97. The lowest BCUT2D eigenvalue weighted by molar-refractivity contribution is 0.578. The molecule has 1 atom stereocenters. The van der Waals surface area contributed by atoms with E-state index in [-0.39, 0.29) is 17.1 Å². The van der Waals surface area contributed by atoms with Gasteiger partial charge in [0.05, 0.1) is 28.3 Å². The number of aryl methyl sites for hydroxylation is 1. The zero-order chi connectivity index (χ0) is 20.0. The summed E-state index contributed by atoms with van der Waals surface area (Å²) < 4.78 is 44.2. The van der Waals surface area contributed by atoms with Gasteiger partial charge in [0.25, 0.3) is 0 Å². The predicted molar refractivity (Wildman–Crippen MR) is 104 cm³/mol. The number of pyridine rings is 1. The normalized spacial score (nSPS) is 16.7. The highest BCUT2D eigenvalue weighted by atomic mass is 19.1. The van der Waals surface area contributed by atoms with Crippen LogP contribution in [-0.2, 0) is 0 Å². The lowest BCUT2D eigenvalue weighted by atomic mass is 10.1. The van der Waals surface area contributed by atoms with Gasteiger partial charge in [-0.15, -0.1) is 0 Å². The molecule has 28 heavy (non-hydrogen) atoms. The number of anilines is 1. The quantitative estimate of drug-likeness (QED) is 0.679. The standard InChI is InChI=1S/C21H19F3N4/c1-12-10-28(18-4-3-13(22)7-16(18)23)19-9-20(17(24)8-15(19)21(12)25)27-6-5-14(11-27)26-2/h3-4,7-10,14,25H,2,5-6,11H2,1H3. The number of halogens is 3. The van der Waals surface area contributed by atoms with Gasteiger partial charge in [0.1, 0.15) is 17.5 Å². The number of hydrogen-bond acceptors (Lipinski definition) is 3. The van der Waals surface area contributed by atoms with E-state index in [4.69, 9.17) is 5.41 Å². The largest absolute Gasteiger partial charge is 0.367 e. The Hall–Kier alpha value is -3.09. The average Bonchev–Trinajstić information content (AvgIpc) is 3.14. The van der Waals surface area contributed by atoms with Crippen molar-refractivity contribution in [2.45, 2.75) is 19.4 Å². The summed E-state index contributed by atoms with van der Waals surface area (Å²) in [5, 5.41) is 8.84. The van der Waals surface area contributed by atoms with Gasteiger partial charge in [-0.05, 0) is 49.9 Å². The maximum Gasteiger partial charge on any atom is 0.150 e. The molecule has 0 spiro atoms. The molecule has 1 aromatic heterocycles. The van der Waals surface area contributed by atoms with Gasteiger partial charge in [-0.25, -0.2) is 13.2 Å². The number of aromatic nitrogens is 1. The Morgan fingerprint density at radius 1 is 1.11 bits per heavy atom. The second kappa shape index (κ2) is 6.82. The van der Waals surface area contributed by atoms with Crippen LogP contribution in [0.5, 0.6) is 0 Å². The van der Waals surface area contributed by atoms with E-state index in [2.05, 4.69) is 11.7 Å². The molecule has 0 bridgehead atoms. The van der Waals surface area contributed by atoms with E-state index in [0.29, 0.717) is 35.2 Å². The summed E-state index contributed by atoms with van der Waals surface area (Å²) in [7, 11) is 0. The molecule has 0 amide bonds. The Morgan fingerprint density at radius 3 is 2.54 bits per heavy atom. The van der Waals surface area contributed by atoms with E-state index in [1.807, 2.05) is 4.90 Å². The molecular formula is C21H19F3N4. The first-order valence-electron chi connectivity index (χ1n) is 8.95. The average molecular weight is 384 g/mol. The van der Waals surface area contributed by atoms with Crippen molar-refractivity contribution in [2.24, 2.45) is 4.99 Å². The van der Waals surface area contributed by atoms with Crippen molar-refractivity contribution in [2.75, 3.05) is 18.0 Å². The zero-order valence-corrected chi connectivity index (χ0v) is 15.3. The highest BCUT2D eigenvalue weighted by Crippen LogP contribution is 2.30. The molecule has 7 heteroatoms. The minimum Gasteiger partial charge on any atom is -0.367 e. The van der Waals surface area contributed by atoms with Crippen molar-refractivity contribution >= 4 is 23.3 Å². The third-order valence-electron chi connectivity index (χ3n) is 5.24. The van der Waals surface area contributed by atoms with Gasteiger partial charge in [-0.1, -0.05) is 0 Å². The van der Waals surface area contributed by atoms with E-state index < -0.39 is 17.5 Å². The Kier molecular flexibility index (Phi) is 4.45. The molecule has 1 saturated heterocycles. The molecule has 3 aromatic rings. The predicted octanol–water partition coefficient (Wildman–Crippen LogP) is 4.11. The molecule has 1 fully saturated rings. The van der Waals surface area contributed by atoms with Crippen molar-refractivity contribution < 1.29 is 13.2 Å². The van der Waals surface area contributed by atoms with Crippen molar-refractivity contribution in [1.82, 2.24) is 4.57 Å². The number of rotatable bonds is 3. The molecule has 0 radical (unpaired) electrons. The number of nitrogens with one attached hydrogen (secondary N) is 1. The molecule has 1 unspecified atom stereocenters. The van der Waals surface area contributed by atoms with Gasteiger partial charge in [-0.2, -0.15) is 0 Å². The van der Waals surface area contributed by atoms with Gasteiger partial charge >= 0.3 is 0 Å². The maximum absolute atomic E-state index is 14.9. The van der Waals surface area contributed by atoms with Crippen LogP contribution in [0.4, 0.5) is 18.9 Å². The first kappa shape index (κ1) is 18.3. The van der Waals surface area contributed by atoms with Crippen LogP contribution in [0.1, 0.15) is 12.0 Å². The molecule has 2 aromatic carbocycles. The fourth-order valence-corrected chi connectivity index (χ4v) is 3.72. The van der Waals surface area contributed by atoms with Crippen LogP contribution in [0.3, 0.4) is 0 Å². The van der Waals surface area contributed by atoms with Crippen LogP contribution >= 0.6 is 0 Å². The smallest absolute Gasteiger partial charge is 0.150 e. The highest BCUT2D eigenvalue weighted by Gasteiger charge is 2.24. The first-order chi connectivity index (χ1) is 13.4. The third-order valence-corrected chi connectivity index (χ3v) is 5.24. The van der Waals surface area contributed by atoms with Gasteiger partial charge < -0.3 is 9.47 Å². The van der Waals surface area contributed by atoms with E-state index in [1.165, 1.54) is 18.2 Å². The van der Waals surface area contributed by atoms with E-state index in [1.54, 1.807) is 23.8 Å². The van der Waals surface area contributed by atoms with Crippen LogP contribution < -0.4 is 10.3 Å². The number of benzene rings is 2. The SMILES string of the molecule is C=NC1CCN(c2cc3c(cc2F)c(=N)c(C)cn3-c2ccc(F)cc2F)C1. The van der Waals surface area contributed by atoms with E-state index >= 15 is 0 Å². The lowest BCUT2D eigenvalue weighted by Gasteiger charge is -2.21. The molecule has 4 rings (SSSR count). The molecule has 1 aliphatic heterocycles. The topological polar surface area (TPSA) is 44.4 Å². The second-order valence-corrected chi connectivity index (χ2v) is 7.04. The molecular weight excluding hydrogens is 365 g/mol. The summed E-state index contributed by atoms with van der Waals surface area (Å²) in [6, 6.07) is 6.30. The Bertz CT molecular complexity index is 1150. The molecule has 0 saturated carbocycles. The monoisotopic (exact) mass is 384 g/mol. The summed E-state index contributed by atoms with van der Waals surface area (Å²) in [5.41, 5.74) is 1.55. The number of aliphatic imine (C=N–C) groups is 1. The summed E-state index contributed by atoms with van der Waals surface area (Å²) in [6.07, 6.45) is 2.39. The van der Waals surface area contributed by atoms with Crippen LogP contribution in [-0.4, -0.2) is 30.4 Å². The molecule has 1 aliphatic rings. The first-order valence-corrected chi connectivity index (χ1v) is 8.95. The minimum atomic E-state index is -0.730. The molecule has 1 N–H and O–H groups in total. The van der Waals surface area contributed by atoms with E-state index in [0.717, 1.165) is 12.5 Å². The number of nitrogens with zero attached hydrogens (tertiary/aromatic N) is 3. The third kappa shape index (κ3) is 2.96. The fourth-order valence-electron chi connectivity index (χ4n) is 3.72. The summed E-state index contributed by atoms with van der Waals surface area (Å²) in [6.45, 7) is 6.45. The van der Waals surface area contributed by atoms with Crippen molar-refractivity contribution in [3.8, 4) is 5.69 Å². The summed E-state index contributed by atoms with van der Waals surface area (Å²) in [5.74, 6) is -1.85. The molecule has 2 heterocycles. The summed E-state index contributed by atoms with van der Waals surface area (Å²) >= 11 is 0. The molecule has 0 aliphatic carbocycles. The summed E-state index contributed by atoms with van der Waals surface area (Å²) in [4.78, 5) is 5.91. The number of fused-ring (bicyclic) bond motifs is 1. The van der Waals surface area contributed by atoms with Gasteiger partial charge in [0, 0.05) is 30.7 Å². The van der Waals surface area contributed by atoms with Crippen LogP contribution in [0.25, 0.3) is 16.6 Å². The van der Waals surface area contributed by atoms with Gasteiger partial charge in [0.15, 0.2) is 0 Å². The van der Waals surface area contributed by atoms with Gasteiger partial charge in [0.2, 0.25) is 0 Å². The maximum atomic E-state index is 14.9. The van der Waals surface area contributed by atoms with Crippen LogP contribution in [0, 0.1) is 29.8 Å². The van der Waals surface area contributed by atoms with E-state index in [9.17, 15) is 13.2 Å². The fraction of sp³-hybridized carbons (Fsp3) is 0.238. The zero-order valence-electron chi connectivity index (χ0n) is 15.3. The van der Waals surface area contributed by atoms with Crippen molar-refractivity contribution in [3.05, 3.63) is 64.9 Å².